The van der Waals surface area contributed by atoms with E-state index in [1.54, 1.807) is 25.2 Å². The van der Waals surface area contributed by atoms with Crippen LogP contribution in [0.5, 0.6) is 0 Å². The van der Waals surface area contributed by atoms with Gasteiger partial charge in [-0.1, -0.05) is 91.6 Å². The fraction of sp³-hybridized carbons (Fsp3) is 0.575. The van der Waals surface area contributed by atoms with E-state index in [4.69, 9.17) is 27.8 Å². The Labute approximate surface area is 359 Å². The summed E-state index contributed by atoms with van der Waals surface area (Å²) in [6, 6.07) is 0. The molecule has 4 aromatic heterocycles. The van der Waals surface area contributed by atoms with E-state index in [0.29, 0.717) is 32.6 Å². The minimum Gasteiger partial charge on any atom is -0.459 e. The SMILES string of the molecule is [C-]#[N+]c1c(C(C)(C)C)nsc1N=Nc1sc(N(CC)CC)nc1C(C)(C)C.[C-]#[N+]c1c(C)nsc1N=Nc1sc(N2CCC(OC(=O)C(=C)C)CC2)nc1C(C)(C)C. The zero-order valence-electron chi connectivity index (χ0n) is 35.8. The van der Waals surface area contributed by atoms with Crippen molar-refractivity contribution in [3.63, 3.8) is 0 Å². The van der Waals surface area contributed by atoms with E-state index in [-0.39, 0.29) is 28.3 Å². The first-order valence-electron chi connectivity index (χ1n) is 19.1. The van der Waals surface area contributed by atoms with E-state index in [0.717, 1.165) is 76.4 Å². The molecule has 1 aliphatic rings. The Morgan fingerprint density at radius 2 is 1.28 bits per heavy atom. The number of ether oxygens (including phenoxy) is 1. The van der Waals surface area contributed by atoms with E-state index in [1.165, 1.54) is 34.4 Å². The quantitative estimate of drug-likeness (QED) is 0.0663. The monoisotopic (exact) mass is 862 g/mol. The van der Waals surface area contributed by atoms with Gasteiger partial charge in [0.15, 0.2) is 30.3 Å². The van der Waals surface area contributed by atoms with Crippen molar-refractivity contribution >= 4 is 93.4 Å². The number of carbonyl (C=O) groups excluding carboxylic acids is 1. The van der Waals surface area contributed by atoms with Crippen molar-refractivity contribution in [1.82, 2.24) is 18.7 Å². The van der Waals surface area contributed by atoms with Crippen molar-refractivity contribution in [2.24, 2.45) is 20.5 Å². The highest BCUT2D eigenvalue weighted by Crippen LogP contribution is 2.46. The zero-order valence-corrected chi connectivity index (χ0v) is 39.1. The number of thiazole rings is 2. The van der Waals surface area contributed by atoms with Crippen molar-refractivity contribution < 1.29 is 9.53 Å². The summed E-state index contributed by atoms with van der Waals surface area (Å²) >= 11 is 5.45. The molecule has 310 valence electrons. The van der Waals surface area contributed by atoms with Crippen molar-refractivity contribution in [2.75, 3.05) is 36.0 Å². The first-order chi connectivity index (χ1) is 27.1. The van der Waals surface area contributed by atoms with Gasteiger partial charge in [-0.15, -0.1) is 20.5 Å². The van der Waals surface area contributed by atoms with E-state index < -0.39 is 0 Å². The molecule has 0 aliphatic carbocycles. The number of hydrogen-bond donors (Lipinski definition) is 0. The van der Waals surface area contributed by atoms with E-state index >= 15 is 0 Å². The predicted molar refractivity (Wildman–Crippen MR) is 240 cm³/mol. The van der Waals surface area contributed by atoms with Gasteiger partial charge in [-0.3, -0.25) is 0 Å². The highest BCUT2D eigenvalue weighted by Gasteiger charge is 2.30. The van der Waals surface area contributed by atoms with Crippen molar-refractivity contribution in [1.29, 1.82) is 0 Å². The third kappa shape index (κ3) is 11.4. The summed E-state index contributed by atoms with van der Waals surface area (Å²) in [6.45, 7) is 48.3. The number of nitrogens with zero attached hydrogens (tertiary/aromatic N) is 12. The Morgan fingerprint density at radius 3 is 1.78 bits per heavy atom. The smallest absolute Gasteiger partial charge is 0.333 e. The van der Waals surface area contributed by atoms with Crippen LogP contribution in [0.1, 0.15) is 119 Å². The van der Waals surface area contributed by atoms with Gasteiger partial charge in [-0.25, -0.2) is 33.2 Å². The van der Waals surface area contributed by atoms with Crippen LogP contribution >= 0.6 is 45.7 Å². The number of hydrogen-bond acceptors (Lipinski definition) is 16. The van der Waals surface area contributed by atoms with Gasteiger partial charge < -0.3 is 14.5 Å². The molecule has 0 spiro atoms. The fourth-order valence-corrected chi connectivity index (χ4v) is 9.45. The van der Waals surface area contributed by atoms with Crippen LogP contribution in [0.15, 0.2) is 32.6 Å². The molecule has 0 bridgehead atoms. The van der Waals surface area contributed by atoms with E-state index in [2.05, 4.69) is 131 Å². The summed E-state index contributed by atoms with van der Waals surface area (Å²) < 4.78 is 14.1. The molecule has 4 aromatic rings. The van der Waals surface area contributed by atoms with Gasteiger partial charge in [0, 0.05) is 55.4 Å². The second-order valence-corrected chi connectivity index (χ2v) is 20.2. The molecule has 5 heterocycles. The fourth-order valence-electron chi connectivity index (χ4n) is 5.56. The third-order valence-corrected chi connectivity index (χ3v) is 12.4. The molecule has 0 radical (unpaired) electrons. The Bertz CT molecular complexity index is 2220. The number of azo groups is 2. The number of rotatable bonds is 10. The average Bonchev–Trinajstić information content (AvgIpc) is 3.95. The molecule has 14 nitrogen and oxygen atoms in total. The van der Waals surface area contributed by atoms with Crippen LogP contribution < -0.4 is 9.80 Å². The van der Waals surface area contributed by atoms with Gasteiger partial charge in [0.05, 0.1) is 35.9 Å². The van der Waals surface area contributed by atoms with Gasteiger partial charge in [-0.2, -0.15) is 0 Å². The maximum atomic E-state index is 11.8. The lowest BCUT2D eigenvalue weighted by Crippen LogP contribution is -2.38. The Morgan fingerprint density at radius 1 is 0.793 bits per heavy atom. The largest absolute Gasteiger partial charge is 0.459 e. The molecule has 0 saturated carbocycles. The summed E-state index contributed by atoms with van der Waals surface area (Å²) in [4.78, 5) is 33.1. The Hall–Kier alpha value is -4.49. The average molecular weight is 863 g/mol. The molecule has 0 aromatic carbocycles. The lowest BCUT2D eigenvalue weighted by Gasteiger charge is -2.31. The number of aromatic nitrogens is 4. The molecule has 0 atom stereocenters. The highest BCUT2D eigenvalue weighted by atomic mass is 32.1. The zero-order chi connectivity index (χ0) is 43.2. The van der Waals surface area contributed by atoms with Gasteiger partial charge in [0.2, 0.25) is 11.4 Å². The third-order valence-electron chi connectivity index (χ3n) is 8.85. The summed E-state index contributed by atoms with van der Waals surface area (Å²) in [5.74, 6) is -0.331. The summed E-state index contributed by atoms with van der Waals surface area (Å²) in [7, 11) is 0. The van der Waals surface area contributed by atoms with Gasteiger partial charge in [0.25, 0.3) is 0 Å². The number of esters is 1. The highest BCUT2D eigenvalue weighted by molar-refractivity contribution is 7.19. The number of piperidine rings is 1. The lowest BCUT2D eigenvalue weighted by atomic mass is 9.91. The standard InChI is InChI=1S/C21H26N6O2S2.C19H28N6S2/c1-12(2)19(28)29-14-8-10-27(11-9-14)20-23-16(21(4,5)6)18(30-20)25-24-17-15(22-7)13(3)26-31-17;1-10-25(11-2)17-21-14(19(6,7)8)16(26-17)23-22-15-12(20-9)13(24-27-15)18(3,4)5/h14H,1,8-11H2,2-6H3;10-11H2,1-8H3. The number of carbonyl (C=O) groups is 1. The molecular formula is C40H54N12O2S4. The van der Waals surface area contributed by atoms with Gasteiger partial charge in [-0.05, 0) is 56.2 Å². The first kappa shape index (κ1) is 46.2. The molecule has 0 amide bonds. The maximum Gasteiger partial charge on any atom is 0.333 e. The van der Waals surface area contributed by atoms with Crippen LogP contribution in [-0.2, 0) is 25.8 Å². The van der Waals surface area contributed by atoms with Crippen molar-refractivity contribution in [3.05, 3.63) is 57.8 Å². The number of anilines is 2. The Balaban J connectivity index is 0.000000259. The van der Waals surface area contributed by atoms with Crippen molar-refractivity contribution in [2.45, 2.75) is 125 Å². The normalized spacial score (nSPS) is 14.0. The predicted octanol–water partition coefficient (Wildman–Crippen LogP) is 13.3. The molecule has 58 heavy (non-hydrogen) atoms. The maximum absolute atomic E-state index is 11.8. The van der Waals surface area contributed by atoms with E-state index in [9.17, 15) is 4.79 Å². The first-order valence-corrected chi connectivity index (χ1v) is 22.2. The van der Waals surface area contributed by atoms with Crippen molar-refractivity contribution in [3.8, 4) is 0 Å². The van der Waals surface area contributed by atoms with Gasteiger partial charge in [0.1, 0.15) is 6.10 Å². The molecule has 5 rings (SSSR count). The summed E-state index contributed by atoms with van der Waals surface area (Å²) in [5.41, 5.74) is 4.09. The molecule has 0 N–H and O–H groups in total. The van der Waals surface area contributed by atoms with Crippen LogP contribution in [0, 0.1) is 20.1 Å². The lowest BCUT2D eigenvalue weighted by molar-refractivity contribution is -0.145. The van der Waals surface area contributed by atoms with Crippen LogP contribution in [0.25, 0.3) is 9.69 Å². The minimum absolute atomic E-state index is 0.0942. The molecule has 1 saturated heterocycles. The molecule has 1 aliphatic heterocycles. The molecule has 0 unspecified atom stereocenters. The summed E-state index contributed by atoms with van der Waals surface area (Å²) in [5, 5.41) is 22.1. The summed E-state index contributed by atoms with van der Waals surface area (Å²) in [6.07, 6.45) is 1.40. The molecule has 1 fully saturated rings. The Kier molecular flexibility index (Phi) is 15.2. The van der Waals surface area contributed by atoms with Crippen LogP contribution in [-0.4, -0.2) is 57.0 Å². The second-order valence-electron chi connectivity index (χ2n) is 16.8. The topological polar surface area (TPSA) is 142 Å². The minimum atomic E-state index is -0.331. The molecular weight excluding hydrogens is 809 g/mol. The van der Waals surface area contributed by atoms with Crippen LogP contribution in [0.3, 0.4) is 0 Å². The van der Waals surface area contributed by atoms with E-state index in [1.807, 2.05) is 0 Å². The van der Waals surface area contributed by atoms with Crippen LogP contribution in [0.4, 0.5) is 41.6 Å². The molecule has 18 heteroatoms. The van der Waals surface area contributed by atoms with Crippen LogP contribution in [0.2, 0.25) is 0 Å². The number of aryl methyl sites for hydroxylation is 1. The van der Waals surface area contributed by atoms with Gasteiger partial charge >= 0.3 is 5.97 Å². The second kappa shape index (κ2) is 19.1.